The van der Waals surface area contributed by atoms with Gasteiger partial charge in [0.25, 0.3) is 5.91 Å². The third kappa shape index (κ3) is 5.75. The molecule has 0 aliphatic carbocycles. The topological polar surface area (TPSA) is 62.2 Å². The zero-order valence-electron chi connectivity index (χ0n) is 19.9. The number of nitrogens with zero attached hydrogens (tertiary/aromatic N) is 3. The second kappa shape index (κ2) is 9.55. The summed E-state index contributed by atoms with van der Waals surface area (Å²) in [7, 11) is 3.31. The highest BCUT2D eigenvalue weighted by molar-refractivity contribution is 6.03. The second-order valence-electron chi connectivity index (χ2n) is 9.63. The van der Waals surface area contributed by atoms with Crippen molar-refractivity contribution in [1.82, 2.24) is 9.91 Å². The average molecular weight is 436 g/mol. The van der Waals surface area contributed by atoms with Gasteiger partial charge < -0.3 is 9.64 Å². The van der Waals surface area contributed by atoms with Crippen LogP contribution < -0.4 is 4.74 Å². The number of rotatable bonds is 6. The smallest absolute Gasteiger partial charge is 0.262 e. The van der Waals surface area contributed by atoms with E-state index < -0.39 is 0 Å². The number of carbonyl (C=O) groups is 2. The molecule has 0 spiro atoms. The van der Waals surface area contributed by atoms with Crippen LogP contribution in [0.3, 0.4) is 0 Å². The Hall–Kier alpha value is -3.15. The molecule has 1 atom stereocenters. The molecule has 0 radical (unpaired) electrons. The van der Waals surface area contributed by atoms with Gasteiger partial charge >= 0.3 is 0 Å². The van der Waals surface area contributed by atoms with Gasteiger partial charge in [0.05, 0.1) is 18.9 Å². The summed E-state index contributed by atoms with van der Waals surface area (Å²) in [6, 6.07) is 15.7. The van der Waals surface area contributed by atoms with E-state index in [1.165, 1.54) is 4.90 Å². The monoisotopic (exact) mass is 435 g/mol. The molecule has 2 amide bonds. The summed E-state index contributed by atoms with van der Waals surface area (Å²) in [6.45, 7) is 8.07. The number of methoxy groups -OCH3 is 1. The standard InChI is InChI=1S/C26H33N3O3/c1-18-10-12-19(13-11-18)23-15-22(20-8-7-9-21(14-20)32-6)27-29(23)25(31)17-28(5)24(30)16-26(2,3)4/h7-14,23H,15-17H2,1-6H3/t23-/m0/s1. The van der Waals surface area contributed by atoms with Gasteiger partial charge in [-0.05, 0) is 30.0 Å². The van der Waals surface area contributed by atoms with E-state index in [0.29, 0.717) is 12.8 Å². The van der Waals surface area contributed by atoms with Crippen molar-refractivity contribution in [2.24, 2.45) is 10.5 Å². The summed E-state index contributed by atoms with van der Waals surface area (Å²) in [5.74, 6) is 0.501. The minimum Gasteiger partial charge on any atom is -0.497 e. The molecule has 0 N–H and O–H groups in total. The van der Waals surface area contributed by atoms with Gasteiger partial charge in [-0.3, -0.25) is 9.59 Å². The first-order valence-corrected chi connectivity index (χ1v) is 10.9. The lowest BCUT2D eigenvalue weighted by atomic mass is 9.92. The molecule has 6 nitrogen and oxygen atoms in total. The van der Waals surface area contributed by atoms with E-state index >= 15 is 0 Å². The first-order chi connectivity index (χ1) is 15.1. The maximum absolute atomic E-state index is 13.3. The summed E-state index contributed by atoms with van der Waals surface area (Å²) >= 11 is 0. The zero-order valence-corrected chi connectivity index (χ0v) is 19.9. The van der Waals surface area contributed by atoms with Crippen molar-refractivity contribution in [3.63, 3.8) is 0 Å². The van der Waals surface area contributed by atoms with Crippen LogP contribution in [0.2, 0.25) is 0 Å². The average Bonchev–Trinajstić information content (AvgIpc) is 3.18. The molecule has 6 heteroatoms. The van der Waals surface area contributed by atoms with Crippen molar-refractivity contribution < 1.29 is 14.3 Å². The van der Waals surface area contributed by atoms with Gasteiger partial charge in [-0.1, -0.05) is 62.7 Å². The van der Waals surface area contributed by atoms with E-state index in [9.17, 15) is 9.59 Å². The molecule has 0 aromatic heterocycles. The molecule has 2 aromatic rings. The van der Waals surface area contributed by atoms with Gasteiger partial charge in [0, 0.05) is 25.5 Å². The molecule has 1 aliphatic heterocycles. The van der Waals surface area contributed by atoms with Crippen molar-refractivity contribution in [3.05, 3.63) is 65.2 Å². The fourth-order valence-electron chi connectivity index (χ4n) is 3.72. The van der Waals surface area contributed by atoms with Crippen molar-refractivity contribution in [2.75, 3.05) is 20.7 Å². The molecule has 0 unspecified atom stereocenters. The lowest BCUT2D eigenvalue weighted by molar-refractivity contribution is -0.141. The Morgan fingerprint density at radius 3 is 2.47 bits per heavy atom. The SMILES string of the molecule is COc1cccc(C2=NN(C(=O)CN(C)C(=O)CC(C)(C)C)[C@H](c3ccc(C)cc3)C2)c1. The minimum atomic E-state index is -0.213. The number of ether oxygens (including phenoxy) is 1. The number of amides is 2. The molecule has 170 valence electrons. The van der Waals surface area contributed by atoms with E-state index in [1.54, 1.807) is 19.2 Å². The molecule has 32 heavy (non-hydrogen) atoms. The van der Waals surface area contributed by atoms with Gasteiger partial charge in [0.2, 0.25) is 5.91 Å². The highest BCUT2D eigenvalue weighted by Gasteiger charge is 2.34. The maximum atomic E-state index is 13.3. The largest absolute Gasteiger partial charge is 0.497 e. The van der Waals surface area contributed by atoms with Crippen LogP contribution in [0.1, 0.15) is 56.3 Å². The van der Waals surface area contributed by atoms with Crippen LogP contribution in [-0.2, 0) is 9.59 Å². The zero-order chi connectivity index (χ0) is 23.5. The molecular weight excluding hydrogens is 402 g/mol. The number of aryl methyl sites for hydroxylation is 1. The van der Waals surface area contributed by atoms with Crippen LogP contribution in [0.15, 0.2) is 53.6 Å². The highest BCUT2D eigenvalue weighted by atomic mass is 16.5. The first-order valence-electron chi connectivity index (χ1n) is 10.9. The summed E-state index contributed by atoms with van der Waals surface area (Å²) in [6.07, 6.45) is 0.984. The summed E-state index contributed by atoms with van der Waals surface area (Å²) < 4.78 is 5.35. The van der Waals surface area contributed by atoms with Crippen molar-refractivity contribution in [3.8, 4) is 5.75 Å². The molecule has 0 bridgehead atoms. The Bertz CT molecular complexity index is 1010. The second-order valence-corrected chi connectivity index (χ2v) is 9.63. The van der Waals surface area contributed by atoms with Crippen LogP contribution in [0.25, 0.3) is 0 Å². The number of hydrazone groups is 1. The Balaban J connectivity index is 1.86. The molecule has 3 rings (SSSR count). The van der Waals surface area contributed by atoms with Crippen LogP contribution in [0.5, 0.6) is 5.75 Å². The molecule has 0 fully saturated rings. The van der Waals surface area contributed by atoms with Gasteiger partial charge in [-0.15, -0.1) is 0 Å². The highest BCUT2D eigenvalue weighted by Crippen LogP contribution is 2.33. The van der Waals surface area contributed by atoms with Crippen molar-refractivity contribution >= 4 is 17.5 Å². The Morgan fingerprint density at radius 1 is 1.16 bits per heavy atom. The van der Waals surface area contributed by atoms with Crippen LogP contribution in [-0.4, -0.2) is 48.1 Å². The fraction of sp³-hybridized carbons (Fsp3) is 0.423. The van der Waals surface area contributed by atoms with Gasteiger partial charge in [-0.2, -0.15) is 5.10 Å². The number of likely N-dealkylation sites (N-methyl/N-ethyl adjacent to an activating group) is 1. The van der Waals surface area contributed by atoms with E-state index in [2.05, 4.69) is 0 Å². The van der Waals surface area contributed by atoms with Crippen LogP contribution >= 0.6 is 0 Å². The van der Waals surface area contributed by atoms with E-state index in [4.69, 9.17) is 9.84 Å². The van der Waals surface area contributed by atoms with Crippen LogP contribution in [0, 0.1) is 12.3 Å². The van der Waals surface area contributed by atoms with E-state index in [0.717, 1.165) is 28.2 Å². The molecule has 1 heterocycles. The Morgan fingerprint density at radius 2 is 1.84 bits per heavy atom. The molecular formula is C26H33N3O3. The van der Waals surface area contributed by atoms with E-state index in [1.807, 2.05) is 76.2 Å². The van der Waals surface area contributed by atoms with Gasteiger partial charge in [-0.25, -0.2) is 5.01 Å². The third-order valence-electron chi connectivity index (χ3n) is 5.51. The Labute approximate surface area is 190 Å². The maximum Gasteiger partial charge on any atom is 0.262 e. The quantitative estimate of drug-likeness (QED) is 0.667. The molecule has 2 aromatic carbocycles. The predicted molar refractivity (Wildman–Crippen MR) is 127 cm³/mol. The lowest BCUT2D eigenvalue weighted by Crippen LogP contribution is -2.40. The fourth-order valence-corrected chi connectivity index (χ4v) is 3.72. The van der Waals surface area contributed by atoms with Gasteiger partial charge in [0.1, 0.15) is 12.3 Å². The molecule has 0 saturated heterocycles. The summed E-state index contributed by atoms with van der Waals surface area (Å²) in [5.41, 5.74) is 3.80. The number of benzene rings is 2. The molecule has 1 aliphatic rings. The normalized spacial score (nSPS) is 16.0. The lowest BCUT2D eigenvalue weighted by Gasteiger charge is -2.26. The van der Waals surface area contributed by atoms with E-state index in [-0.39, 0.29) is 29.8 Å². The first kappa shape index (κ1) is 23.5. The summed E-state index contributed by atoms with van der Waals surface area (Å²) in [5, 5.41) is 6.25. The minimum absolute atomic E-state index is 0.00777. The molecule has 0 saturated carbocycles. The van der Waals surface area contributed by atoms with Crippen molar-refractivity contribution in [2.45, 2.75) is 46.6 Å². The van der Waals surface area contributed by atoms with Gasteiger partial charge in [0.15, 0.2) is 0 Å². The third-order valence-corrected chi connectivity index (χ3v) is 5.51. The van der Waals surface area contributed by atoms with Crippen LogP contribution in [0.4, 0.5) is 0 Å². The Kier molecular flexibility index (Phi) is 7.02. The number of carbonyl (C=O) groups excluding carboxylic acids is 2. The van der Waals surface area contributed by atoms with Crippen molar-refractivity contribution in [1.29, 1.82) is 0 Å². The number of hydrogen-bond acceptors (Lipinski definition) is 4. The predicted octanol–water partition coefficient (Wildman–Crippen LogP) is 4.58. The number of hydrogen-bond donors (Lipinski definition) is 0. The summed E-state index contributed by atoms with van der Waals surface area (Å²) in [4.78, 5) is 27.3.